The molecule has 1 amide bonds. The Kier molecular flexibility index (Phi) is 5.85. The first-order valence-electron chi connectivity index (χ1n) is 9.88. The molecule has 0 radical (unpaired) electrons. The number of hydrogen-bond acceptors (Lipinski definition) is 6. The molecule has 2 aromatic rings. The summed E-state index contributed by atoms with van der Waals surface area (Å²) >= 11 is 1.43. The molecule has 0 aromatic carbocycles. The topological polar surface area (TPSA) is 72.5 Å². The van der Waals surface area contributed by atoms with Gasteiger partial charge in [-0.25, -0.2) is 4.98 Å². The van der Waals surface area contributed by atoms with Crippen molar-refractivity contribution in [1.29, 1.82) is 0 Å². The third kappa shape index (κ3) is 4.56. The Morgan fingerprint density at radius 1 is 1.04 bits per heavy atom. The van der Waals surface area contributed by atoms with E-state index >= 15 is 0 Å². The molecule has 27 heavy (non-hydrogen) atoms. The Bertz CT molecular complexity index is 832. The van der Waals surface area contributed by atoms with E-state index in [0.29, 0.717) is 17.8 Å². The van der Waals surface area contributed by atoms with Gasteiger partial charge in [0.1, 0.15) is 10.5 Å². The Balaban J connectivity index is 1.28. The van der Waals surface area contributed by atoms with Gasteiger partial charge >= 0.3 is 0 Å². The molecule has 0 atom stereocenters. The van der Waals surface area contributed by atoms with Crippen molar-refractivity contribution in [3.8, 4) is 0 Å². The van der Waals surface area contributed by atoms with Crippen molar-refractivity contribution in [2.24, 2.45) is 0 Å². The highest BCUT2D eigenvalue weighted by atomic mass is 32.1. The van der Waals surface area contributed by atoms with Crippen LogP contribution < -0.4 is 5.56 Å². The molecule has 0 aliphatic carbocycles. The third-order valence-electron chi connectivity index (χ3n) is 5.52. The number of piperazine rings is 1. The molecule has 2 aromatic heterocycles. The smallest absolute Gasteiger partial charge is 0.268 e. The van der Waals surface area contributed by atoms with Gasteiger partial charge in [0.05, 0.1) is 18.6 Å². The Labute approximate surface area is 163 Å². The summed E-state index contributed by atoms with van der Waals surface area (Å²) in [7, 11) is 0. The van der Waals surface area contributed by atoms with Crippen molar-refractivity contribution in [2.75, 3.05) is 45.8 Å². The van der Waals surface area contributed by atoms with Crippen LogP contribution in [0.5, 0.6) is 0 Å². The van der Waals surface area contributed by atoms with Crippen LogP contribution in [-0.4, -0.2) is 76.4 Å². The minimum Gasteiger partial charge on any atom is -0.342 e. The maximum atomic E-state index is 12.6. The highest BCUT2D eigenvalue weighted by molar-refractivity contribution is 7.17. The molecule has 7 nitrogen and oxygen atoms in total. The van der Waals surface area contributed by atoms with Crippen LogP contribution >= 0.6 is 11.3 Å². The highest BCUT2D eigenvalue weighted by Gasteiger charge is 2.22. The first-order valence-corrected chi connectivity index (χ1v) is 10.8. The van der Waals surface area contributed by atoms with E-state index in [2.05, 4.69) is 19.8 Å². The molecule has 0 spiro atoms. The summed E-state index contributed by atoms with van der Waals surface area (Å²) in [4.78, 5) is 38.7. The van der Waals surface area contributed by atoms with E-state index in [9.17, 15) is 9.59 Å². The average molecular weight is 390 g/mol. The normalized spacial score (nSPS) is 20.1. The van der Waals surface area contributed by atoms with E-state index in [0.717, 1.165) is 63.5 Å². The number of rotatable bonds is 4. The zero-order valence-corrected chi connectivity index (χ0v) is 16.5. The molecule has 2 saturated heterocycles. The quantitative estimate of drug-likeness (QED) is 0.858. The summed E-state index contributed by atoms with van der Waals surface area (Å²) in [5.41, 5.74) is 0.729. The van der Waals surface area contributed by atoms with Crippen molar-refractivity contribution in [1.82, 2.24) is 24.7 Å². The standard InChI is InChI=1S/C19H27N5O2S/c25-17(24-6-3-1-2-4-7-24)14-23-10-8-22(9-11-23)13-16-20-15-5-12-27-18(15)19(26)21-16/h5,12H,1-4,6-11,13-14H2,(H,20,21,26). The predicted molar refractivity (Wildman–Crippen MR) is 107 cm³/mol. The van der Waals surface area contributed by atoms with Gasteiger partial charge in [-0.1, -0.05) is 12.8 Å². The maximum absolute atomic E-state index is 12.6. The minimum atomic E-state index is -0.0494. The van der Waals surface area contributed by atoms with Crippen LogP contribution in [0.4, 0.5) is 0 Å². The lowest BCUT2D eigenvalue weighted by Crippen LogP contribution is -2.50. The fourth-order valence-corrected chi connectivity index (χ4v) is 4.65. The molecular formula is C19H27N5O2S. The largest absolute Gasteiger partial charge is 0.342 e. The Morgan fingerprint density at radius 3 is 2.48 bits per heavy atom. The van der Waals surface area contributed by atoms with Gasteiger partial charge in [-0.2, -0.15) is 0 Å². The molecule has 146 valence electrons. The molecule has 2 aliphatic rings. The monoisotopic (exact) mass is 389 g/mol. The van der Waals surface area contributed by atoms with Crippen LogP contribution in [0.2, 0.25) is 0 Å². The van der Waals surface area contributed by atoms with Crippen LogP contribution in [0.15, 0.2) is 16.2 Å². The molecule has 0 saturated carbocycles. The number of likely N-dealkylation sites (tertiary alicyclic amines) is 1. The number of carbonyl (C=O) groups excluding carboxylic acids is 1. The molecule has 1 N–H and O–H groups in total. The third-order valence-corrected chi connectivity index (χ3v) is 6.42. The van der Waals surface area contributed by atoms with Gasteiger partial charge in [0.25, 0.3) is 5.56 Å². The SMILES string of the molecule is O=C(CN1CCN(Cc2nc3ccsc3c(=O)[nH]2)CC1)N1CCCCCC1. The second-order valence-corrected chi connectivity index (χ2v) is 8.41. The Morgan fingerprint density at radius 2 is 1.74 bits per heavy atom. The maximum Gasteiger partial charge on any atom is 0.268 e. The molecule has 8 heteroatoms. The minimum absolute atomic E-state index is 0.0494. The molecule has 4 rings (SSSR count). The number of carbonyl (C=O) groups is 1. The van der Waals surface area contributed by atoms with Gasteiger partial charge in [-0.15, -0.1) is 11.3 Å². The zero-order valence-electron chi connectivity index (χ0n) is 15.7. The number of aromatic nitrogens is 2. The molecule has 4 heterocycles. The van der Waals surface area contributed by atoms with E-state index < -0.39 is 0 Å². The van der Waals surface area contributed by atoms with E-state index in [-0.39, 0.29) is 11.5 Å². The predicted octanol–water partition coefficient (Wildman–Crippen LogP) is 1.50. The van der Waals surface area contributed by atoms with E-state index in [1.54, 1.807) is 0 Å². The summed E-state index contributed by atoms with van der Waals surface area (Å²) < 4.78 is 0.690. The first-order chi connectivity index (χ1) is 13.2. The van der Waals surface area contributed by atoms with Gasteiger partial charge in [-0.3, -0.25) is 19.4 Å². The van der Waals surface area contributed by atoms with Crippen LogP contribution in [-0.2, 0) is 11.3 Å². The molecule has 0 unspecified atom stereocenters. The van der Waals surface area contributed by atoms with Crippen LogP contribution in [0.1, 0.15) is 31.5 Å². The fraction of sp³-hybridized carbons (Fsp3) is 0.632. The van der Waals surface area contributed by atoms with Gasteiger partial charge in [0, 0.05) is 39.3 Å². The summed E-state index contributed by atoms with van der Waals surface area (Å²) in [5.74, 6) is 0.999. The lowest BCUT2D eigenvalue weighted by Gasteiger charge is -2.35. The van der Waals surface area contributed by atoms with Gasteiger partial charge in [0.2, 0.25) is 5.91 Å². The second-order valence-electron chi connectivity index (χ2n) is 7.49. The number of hydrogen-bond donors (Lipinski definition) is 1. The summed E-state index contributed by atoms with van der Waals surface area (Å²) in [6.45, 7) is 6.55. The number of nitrogens with one attached hydrogen (secondary N) is 1. The number of thiophene rings is 1. The summed E-state index contributed by atoms with van der Waals surface area (Å²) in [6.07, 6.45) is 4.77. The van der Waals surface area contributed by atoms with Crippen molar-refractivity contribution >= 4 is 27.5 Å². The number of amides is 1. The molecule has 0 bridgehead atoms. The highest BCUT2D eigenvalue weighted by Crippen LogP contribution is 2.15. The average Bonchev–Trinajstić information content (AvgIpc) is 2.97. The summed E-state index contributed by atoms with van der Waals surface area (Å²) in [6, 6.07) is 1.89. The second kappa shape index (κ2) is 8.50. The van der Waals surface area contributed by atoms with Crippen LogP contribution in [0.3, 0.4) is 0 Å². The number of nitrogens with zero attached hydrogens (tertiary/aromatic N) is 4. The van der Waals surface area contributed by atoms with Crippen LogP contribution in [0, 0.1) is 0 Å². The molecule has 2 fully saturated rings. The van der Waals surface area contributed by atoms with Gasteiger partial charge < -0.3 is 9.88 Å². The number of aromatic amines is 1. The number of fused-ring (bicyclic) bond motifs is 1. The van der Waals surface area contributed by atoms with Crippen molar-refractivity contribution < 1.29 is 4.79 Å². The van der Waals surface area contributed by atoms with Gasteiger partial charge in [0.15, 0.2) is 0 Å². The van der Waals surface area contributed by atoms with Crippen molar-refractivity contribution in [3.05, 3.63) is 27.6 Å². The Hall–Kier alpha value is -1.77. The van der Waals surface area contributed by atoms with Crippen molar-refractivity contribution in [2.45, 2.75) is 32.2 Å². The zero-order chi connectivity index (χ0) is 18.6. The first kappa shape index (κ1) is 18.6. The van der Waals surface area contributed by atoms with Crippen molar-refractivity contribution in [3.63, 3.8) is 0 Å². The van der Waals surface area contributed by atoms with E-state index in [1.807, 2.05) is 16.3 Å². The van der Waals surface area contributed by atoms with E-state index in [4.69, 9.17) is 0 Å². The lowest BCUT2D eigenvalue weighted by atomic mass is 10.2. The number of H-pyrrole nitrogens is 1. The fourth-order valence-electron chi connectivity index (χ4n) is 3.93. The summed E-state index contributed by atoms with van der Waals surface area (Å²) in [5, 5.41) is 1.90. The van der Waals surface area contributed by atoms with Crippen LogP contribution in [0.25, 0.3) is 10.2 Å². The lowest BCUT2D eigenvalue weighted by molar-refractivity contribution is -0.132. The molecule has 2 aliphatic heterocycles. The van der Waals surface area contributed by atoms with E-state index in [1.165, 1.54) is 24.2 Å². The molecular weight excluding hydrogens is 362 g/mol. The van der Waals surface area contributed by atoms with Gasteiger partial charge in [-0.05, 0) is 24.3 Å².